The minimum atomic E-state index is 0.685. The van der Waals surface area contributed by atoms with E-state index in [1.807, 2.05) is 25.1 Å². The van der Waals surface area contributed by atoms with Gasteiger partial charge in [0, 0.05) is 19.7 Å². The molecule has 0 unspecified atom stereocenters. The van der Waals surface area contributed by atoms with Crippen LogP contribution in [0.1, 0.15) is 19.4 Å². The SMILES string of the molecule is CCNC(=NCc1ccccc1)NCCOCC. The van der Waals surface area contributed by atoms with E-state index in [2.05, 4.69) is 34.7 Å². The van der Waals surface area contributed by atoms with E-state index < -0.39 is 0 Å². The Balaban J connectivity index is 2.40. The first-order valence-electron chi connectivity index (χ1n) is 6.50. The highest BCUT2D eigenvalue weighted by Crippen LogP contribution is 1.99. The Labute approximate surface area is 109 Å². The molecule has 0 saturated heterocycles. The van der Waals surface area contributed by atoms with Gasteiger partial charge in [-0.25, -0.2) is 4.99 Å². The van der Waals surface area contributed by atoms with E-state index in [0.717, 1.165) is 25.7 Å². The number of guanidine groups is 1. The van der Waals surface area contributed by atoms with Gasteiger partial charge in [0.1, 0.15) is 0 Å². The molecule has 0 heterocycles. The van der Waals surface area contributed by atoms with Crippen molar-refractivity contribution < 1.29 is 4.74 Å². The van der Waals surface area contributed by atoms with Gasteiger partial charge in [-0.15, -0.1) is 0 Å². The number of rotatable bonds is 7. The molecule has 18 heavy (non-hydrogen) atoms. The van der Waals surface area contributed by atoms with E-state index in [4.69, 9.17) is 4.74 Å². The summed E-state index contributed by atoms with van der Waals surface area (Å²) >= 11 is 0. The third kappa shape index (κ3) is 6.25. The summed E-state index contributed by atoms with van der Waals surface area (Å²) in [5.41, 5.74) is 1.21. The van der Waals surface area contributed by atoms with E-state index in [-0.39, 0.29) is 0 Å². The van der Waals surface area contributed by atoms with Crippen LogP contribution < -0.4 is 10.6 Å². The Morgan fingerprint density at radius 3 is 2.61 bits per heavy atom. The van der Waals surface area contributed by atoms with Crippen LogP contribution in [0.25, 0.3) is 0 Å². The molecule has 0 amide bonds. The molecule has 1 aromatic carbocycles. The Morgan fingerprint density at radius 2 is 1.94 bits per heavy atom. The second-order valence-electron chi connectivity index (χ2n) is 3.80. The van der Waals surface area contributed by atoms with Gasteiger partial charge in [-0.1, -0.05) is 30.3 Å². The van der Waals surface area contributed by atoms with Gasteiger partial charge in [0.05, 0.1) is 13.2 Å². The average Bonchev–Trinajstić information content (AvgIpc) is 2.42. The van der Waals surface area contributed by atoms with Gasteiger partial charge in [0.2, 0.25) is 0 Å². The molecule has 0 radical (unpaired) electrons. The molecule has 0 aliphatic carbocycles. The first-order chi connectivity index (χ1) is 8.86. The lowest BCUT2D eigenvalue weighted by Gasteiger charge is -2.11. The number of nitrogens with one attached hydrogen (secondary N) is 2. The molecule has 1 rings (SSSR count). The van der Waals surface area contributed by atoms with Crippen molar-refractivity contribution in [2.45, 2.75) is 20.4 Å². The standard InChI is InChI=1S/C14H23N3O/c1-3-15-14(16-10-11-18-4-2)17-12-13-8-6-5-7-9-13/h5-9H,3-4,10-12H2,1-2H3,(H2,15,16,17). The van der Waals surface area contributed by atoms with Crippen molar-refractivity contribution in [3.8, 4) is 0 Å². The van der Waals surface area contributed by atoms with Crippen molar-refractivity contribution in [2.24, 2.45) is 4.99 Å². The number of nitrogens with zero attached hydrogens (tertiary/aromatic N) is 1. The van der Waals surface area contributed by atoms with Crippen molar-refractivity contribution in [3.63, 3.8) is 0 Å². The topological polar surface area (TPSA) is 45.7 Å². The molecule has 100 valence electrons. The first-order valence-corrected chi connectivity index (χ1v) is 6.50. The van der Waals surface area contributed by atoms with Crippen molar-refractivity contribution in [3.05, 3.63) is 35.9 Å². The predicted octanol–water partition coefficient (Wildman–Crippen LogP) is 1.78. The van der Waals surface area contributed by atoms with Crippen LogP contribution >= 0.6 is 0 Å². The zero-order valence-electron chi connectivity index (χ0n) is 11.3. The summed E-state index contributed by atoms with van der Waals surface area (Å²) in [6.07, 6.45) is 0. The predicted molar refractivity (Wildman–Crippen MR) is 75.8 cm³/mol. The second kappa shape index (κ2) is 9.48. The van der Waals surface area contributed by atoms with Gasteiger partial charge in [-0.05, 0) is 19.4 Å². The lowest BCUT2D eigenvalue weighted by molar-refractivity contribution is 0.152. The van der Waals surface area contributed by atoms with Crippen LogP contribution in [-0.2, 0) is 11.3 Å². The van der Waals surface area contributed by atoms with Gasteiger partial charge in [-0.2, -0.15) is 0 Å². The fourth-order valence-corrected chi connectivity index (χ4v) is 1.48. The van der Waals surface area contributed by atoms with Crippen LogP contribution in [0, 0.1) is 0 Å². The summed E-state index contributed by atoms with van der Waals surface area (Å²) in [4.78, 5) is 4.52. The van der Waals surface area contributed by atoms with Crippen LogP contribution in [0.15, 0.2) is 35.3 Å². The summed E-state index contributed by atoms with van der Waals surface area (Å²) in [5, 5.41) is 6.45. The number of ether oxygens (including phenoxy) is 1. The number of hydrogen-bond donors (Lipinski definition) is 2. The fourth-order valence-electron chi connectivity index (χ4n) is 1.48. The van der Waals surface area contributed by atoms with Gasteiger partial charge in [0.15, 0.2) is 5.96 Å². The minimum absolute atomic E-state index is 0.685. The van der Waals surface area contributed by atoms with Gasteiger partial charge < -0.3 is 15.4 Å². The van der Waals surface area contributed by atoms with Crippen molar-refractivity contribution in [2.75, 3.05) is 26.3 Å². The summed E-state index contributed by atoms with van der Waals surface area (Å²) in [7, 11) is 0. The van der Waals surface area contributed by atoms with Crippen LogP contribution in [0.3, 0.4) is 0 Å². The molecular weight excluding hydrogens is 226 g/mol. The zero-order chi connectivity index (χ0) is 13.1. The summed E-state index contributed by atoms with van der Waals surface area (Å²) in [5.74, 6) is 0.834. The van der Waals surface area contributed by atoms with E-state index >= 15 is 0 Å². The molecular formula is C14H23N3O. The lowest BCUT2D eigenvalue weighted by atomic mass is 10.2. The van der Waals surface area contributed by atoms with Crippen molar-refractivity contribution in [1.82, 2.24) is 10.6 Å². The molecule has 1 aromatic rings. The third-order valence-corrected chi connectivity index (χ3v) is 2.35. The number of hydrogen-bond acceptors (Lipinski definition) is 2. The highest BCUT2D eigenvalue weighted by molar-refractivity contribution is 5.79. The first kappa shape index (κ1) is 14.5. The van der Waals surface area contributed by atoms with Gasteiger partial charge in [0.25, 0.3) is 0 Å². The highest BCUT2D eigenvalue weighted by Gasteiger charge is 1.96. The van der Waals surface area contributed by atoms with Gasteiger partial charge in [-0.3, -0.25) is 0 Å². The fraction of sp³-hybridized carbons (Fsp3) is 0.500. The number of benzene rings is 1. The molecule has 0 spiro atoms. The molecule has 4 heteroatoms. The molecule has 0 saturated carbocycles. The lowest BCUT2D eigenvalue weighted by Crippen LogP contribution is -2.38. The van der Waals surface area contributed by atoms with E-state index in [9.17, 15) is 0 Å². The van der Waals surface area contributed by atoms with Crippen LogP contribution in [0.2, 0.25) is 0 Å². The maximum absolute atomic E-state index is 5.28. The molecule has 0 aromatic heterocycles. The Hall–Kier alpha value is -1.55. The summed E-state index contributed by atoms with van der Waals surface area (Å²) in [6.45, 7) is 7.82. The van der Waals surface area contributed by atoms with Crippen molar-refractivity contribution in [1.29, 1.82) is 0 Å². The Kier molecular flexibility index (Phi) is 7.64. The third-order valence-electron chi connectivity index (χ3n) is 2.35. The monoisotopic (exact) mass is 249 g/mol. The molecule has 0 fully saturated rings. The summed E-state index contributed by atoms with van der Waals surface area (Å²) in [6, 6.07) is 10.2. The molecule has 0 bridgehead atoms. The molecule has 0 aliphatic rings. The zero-order valence-corrected chi connectivity index (χ0v) is 11.3. The van der Waals surface area contributed by atoms with Crippen LogP contribution in [-0.4, -0.2) is 32.3 Å². The number of aliphatic imine (C=N–C) groups is 1. The minimum Gasteiger partial charge on any atom is -0.380 e. The maximum Gasteiger partial charge on any atom is 0.191 e. The van der Waals surface area contributed by atoms with Crippen LogP contribution in [0.5, 0.6) is 0 Å². The van der Waals surface area contributed by atoms with E-state index in [0.29, 0.717) is 13.2 Å². The maximum atomic E-state index is 5.28. The van der Waals surface area contributed by atoms with Gasteiger partial charge >= 0.3 is 0 Å². The van der Waals surface area contributed by atoms with Crippen molar-refractivity contribution >= 4 is 5.96 Å². The van der Waals surface area contributed by atoms with Crippen LogP contribution in [0.4, 0.5) is 0 Å². The summed E-state index contributed by atoms with van der Waals surface area (Å²) < 4.78 is 5.28. The smallest absolute Gasteiger partial charge is 0.191 e. The molecule has 0 atom stereocenters. The largest absolute Gasteiger partial charge is 0.380 e. The molecule has 2 N–H and O–H groups in total. The van der Waals surface area contributed by atoms with E-state index in [1.54, 1.807) is 0 Å². The van der Waals surface area contributed by atoms with E-state index in [1.165, 1.54) is 5.56 Å². The quantitative estimate of drug-likeness (QED) is 0.440. The highest BCUT2D eigenvalue weighted by atomic mass is 16.5. The normalized spacial score (nSPS) is 11.3. The second-order valence-corrected chi connectivity index (χ2v) is 3.80. The average molecular weight is 249 g/mol. The Morgan fingerprint density at radius 1 is 1.17 bits per heavy atom. The molecule has 4 nitrogen and oxygen atoms in total. The molecule has 0 aliphatic heterocycles. The Bertz CT molecular complexity index is 338.